The number of amides is 4. The van der Waals surface area contributed by atoms with E-state index in [1.54, 1.807) is 90.1 Å². The molecule has 3 rings (SSSR count). The summed E-state index contributed by atoms with van der Waals surface area (Å²) >= 11 is 0. The van der Waals surface area contributed by atoms with Crippen LogP contribution in [0.15, 0.2) is 48.5 Å². The maximum Gasteiger partial charge on any atom is 0.407 e. The number of methoxy groups -OCH3 is 2. The molecule has 1 fully saturated rings. The van der Waals surface area contributed by atoms with Crippen molar-refractivity contribution in [3.05, 3.63) is 59.7 Å². The van der Waals surface area contributed by atoms with Gasteiger partial charge in [-0.3, -0.25) is 19.2 Å². The third kappa shape index (κ3) is 10.0. The van der Waals surface area contributed by atoms with Crippen LogP contribution in [0.3, 0.4) is 0 Å². The molecule has 0 bridgehead atoms. The van der Waals surface area contributed by atoms with Gasteiger partial charge in [0.25, 0.3) is 0 Å². The minimum Gasteiger partial charge on any atom is -0.469 e. The molecule has 0 heterocycles. The Bertz CT molecular complexity index is 1630. The van der Waals surface area contributed by atoms with Crippen LogP contribution in [-0.2, 0) is 51.0 Å². The van der Waals surface area contributed by atoms with Gasteiger partial charge in [0.15, 0.2) is 0 Å². The summed E-state index contributed by atoms with van der Waals surface area (Å²) in [6, 6.07) is 13.7. The fraction of sp³-hybridized carbons (Fsp3) is 0.526. The third-order valence-electron chi connectivity index (χ3n) is 8.81. The van der Waals surface area contributed by atoms with Gasteiger partial charge in [-0.25, -0.2) is 9.59 Å². The molecule has 1 aliphatic carbocycles. The molecule has 0 radical (unpaired) electrons. The van der Waals surface area contributed by atoms with Crippen molar-refractivity contribution in [1.29, 1.82) is 0 Å². The normalized spacial score (nSPS) is 21.0. The van der Waals surface area contributed by atoms with Gasteiger partial charge in [-0.2, -0.15) is 0 Å². The summed E-state index contributed by atoms with van der Waals surface area (Å²) in [7, 11) is 2.29. The number of carbonyl (C=O) groups is 6. The van der Waals surface area contributed by atoms with Crippen molar-refractivity contribution in [2.45, 2.75) is 79.4 Å². The molecule has 14 nitrogen and oxygen atoms in total. The van der Waals surface area contributed by atoms with Gasteiger partial charge >= 0.3 is 24.1 Å². The first kappa shape index (κ1) is 41.3. The molecule has 14 heteroatoms. The van der Waals surface area contributed by atoms with Crippen LogP contribution in [0.2, 0.25) is 0 Å². The Labute approximate surface area is 305 Å². The summed E-state index contributed by atoms with van der Waals surface area (Å²) in [5.74, 6) is -5.72. The van der Waals surface area contributed by atoms with Gasteiger partial charge in [-0.05, 0) is 104 Å². The minimum absolute atomic E-state index is 0.330. The van der Waals surface area contributed by atoms with E-state index in [4.69, 9.17) is 18.9 Å². The summed E-state index contributed by atoms with van der Waals surface area (Å²) in [4.78, 5) is 78.5. The summed E-state index contributed by atoms with van der Waals surface area (Å²) in [5.41, 5.74) is -2.17. The average Bonchev–Trinajstić information content (AvgIpc) is 3.03. The molecule has 4 amide bonds. The van der Waals surface area contributed by atoms with Crippen molar-refractivity contribution in [3.8, 4) is 0 Å². The number of hydrogen-bond acceptors (Lipinski definition) is 10. The molecule has 0 aliphatic heterocycles. The maximum atomic E-state index is 14.1. The van der Waals surface area contributed by atoms with Crippen LogP contribution >= 0.6 is 0 Å². The molecule has 0 aromatic heterocycles. The van der Waals surface area contributed by atoms with Crippen LogP contribution in [0.4, 0.5) is 21.0 Å². The Morgan fingerprint density at radius 1 is 0.615 bits per heavy atom. The van der Waals surface area contributed by atoms with Gasteiger partial charge in [0.2, 0.25) is 11.8 Å². The highest BCUT2D eigenvalue weighted by Crippen LogP contribution is 2.65. The first-order valence-corrected chi connectivity index (χ1v) is 17.1. The lowest BCUT2D eigenvalue weighted by molar-refractivity contribution is -0.218. The lowest BCUT2D eigenvalue weighted by Crippen LogP contribution is -2.74. The number of hydrogen-bond donors (Lipinski definition) is 4. The lowest BCUT2D eigenvalue weighted by atomic mass is 9.39. The summed E-state index contributed by atoms with van der Waals surface area (Å²) < 4.78 is 20.6. The van der Waals surface area contributed by atoms with Crippen LogP contribution in [0, 0.1) is 22.7 Å². The SMILES string of the molecule is COC(=O)C1C(C)(C(=O)Nc2ccc(CCNC(=O)OC(C)(C)C)cc2)C(C(=O)Nc2ccc(CCNC(=O)OC(C)(C)C)cc2)C1(C)C(=O)OC. The second-order valence-corrected chi connectivity index (χ2v) is 15.1. The quantitative estimate of drug-likeness (QED) is 0.171. The van der Waals surface area contributed by atoms with Crippen molar-refractivity contribution in [1.82, 2.24) is 10.6 Å². The second kappa shape index (κ2) is 16.5. The second-order valence-electron chi connectivity index (χ2n) is 15.1. The standard InChI is InChI=1S/C38H52N4O10/c1-35(2,3)51-33(47)39-21-19-23-11-15-25(16-12-23)41-29(43)27-37(7,28(30(44)49-9)38(27,8)32(46)50-10)31(45)42-26-17-13-24(14-18-26)20-22-40-34(48)52-36(4,5)6/h11-18,27-28H,19-22H2,1-10H3,(H,39,47)(H,40,48)(H,41,43)(H,42,45). The van der Waals surface area contributed by atoms with E-state index in [0.717, 1.165) is 25.3 Å². The van der Waals surface area contributed by atoms with Crippen LogP contribution in [-0.4, -0.2) is 74.5 Å². The average molecular weight is 725 g/mol. The van der Waals surface area contributed by atoms with E-state index in [1.807, 2.05) is 0 Å². The smallest absolute Gasteiger partial charge is 0.407 e. The zero-order valence-electron chi connectivity index (χ0n) is 31.7. The number of anilines is 2. The molecule has 284 valence electrons. The highest BCUT2D eigenvalue weighted by Gasteiger charge is 2.78. The topological polar surface area (TPSA) is 187 Å². The van der Waals surface area contributed by atoms with Gasteiger partial charge in [0, 0.05) is 24.5 Å². The number of carbonyl (C=O) groups excluding carboxylic acids is 6. The number of alkyl carbamates (subject to hydrolysis) is 2. The number of nitrogens with one attached hydrogen (secondary N) is 4. The minimum atomic E-state index is -1.74. The Kier molecular flexibility index (Phi) is 13.1. The van der Waals surface area contributed by atoms with Crippen LogP contribution in [0.1, 0.15) is 66.5 Å². The molecular formula is C38H52N4O10. The molecule has 4 unspecified atom stereocenters. The van der Waals surface area contributed by atoms with E-state index < -0.39 is 69.8 Å². The first-order valence-electron chi connectivity index (χ1n) is 17.1. The first-order chi connectivity index (χ1) is 24.1. The predicted molar refractivity (Wildman–Crippen MR) is 193 cm³/mol. The van der Waals surface area contributed by atoms with E-state index in [9.17, 15) is 28.8 Å². The molecule has 52 heavy (non-hydrogen) atoms. The molecule has 2 aromatic carbocycles. The third-order valence-corrected chi connectivity index (χ3v) is 8.81. The van der Waals surface area contributed by atoms with Crippen molar-refractivity contribution in [3.63, 3.8) is 0 Å². The van der Waals surface area contributed by atoms with Crippen molar-refractivity contribution in [2.75, 3.05) is 37.9 Å². The van der Waals surface area contributed by atoms with Crippen LogP contribution in [0.25, 0.3) is 0 Å². The van der Waals surface area contributed by atoms with E-state index in [2.05, 4.69) is 21.3 Å². The van der Waals surface area contributed by atoms with Crippen molar-refractivity contribution >= 4 is 47.3 Å². The zero-order valence-corrected chi connectivity index (χ0v) is 31.7. The van der Waals surface area contributed by atoms with E-state index in [-0.39, 0.29) is 0 Å². The van der Waals surface area contributed by atoms with Crippen molar-refractivity contribution in [2.24, 2.45) is 22.7 Å². The molecule has 4 N–H and O–H groups in total. The summed E-state index contributed by atoms with van der Waals surface area (Å²) in [6.45, 7) is 14.2. The maximum absolute atomic E-state index is 14.1. The number of esters is 2. The Hall–Kier alpha value is -5.14. The van der Waals surface area contributed by atoms with Crippen LogP contribution in [0.5, 0.6) is 0 Å². The summed E-state index contributed by atoms with van der Waals surface area (Å²) in [6.07, 6.45) is -0.0483. The van der Waals surface area contributed by atoms with Gasteiger partial charge in [0.05, 0.1) is 36.9 Å². The number of benzene rings is 2. The largest absolute Gasteiger partial charge is 0.469 e. The zero-order chi connectivity index (χ0) is 39.1. The lowest BCUT2D eigenvalue weighted by Gasteiger charge is -2.60. The molecule has 1 saturated carbocycles. The molecule has 4 atom stereocenters. The van der Waals surface area contributed by atoms with Gasteiger partial charge in [0.1, 0.15) is 11.2 Å². The molecule has 0 saturated heterocycles. The highest BCUT2D eigenvalue weighted by atomic mass is 16.6. The highest BCUT2D eigenvalue weighted by molar-refractivity contribution is 6.10. The molecule has 0 spiro atoms. The Balaban J connectivity index is 1.77. The predicted octanol–water partition coefficient (Wildman–Crippen LogP) is 5.00. The van der Waals surface area contributed by atoms with Crippen molar-refractivity contribution < 1.29 is 47.7 Å². The fourth-order valence-electron chi connectivity index (χ4n) is 6.59. The number of ether oxygens (including phenoxy) is 4. The van der Waals surface area contributed by atoms with E-state index >= 15 is 0 Å². The van der Waals surface area contributed by atoms with Gasteiger partial charge in [-0.15, -0.1) is 0 Å². The number of rotatable bonds is 12. The fourth-order valence-corrected chi connectivity index (χ4v) is 6.59. The molecule has 2 aromatic rings. The van der Waals surface area contributed by atoms with E-state index in [0.29, 0.717) is 37.3 Å². The monoisotopic (exact) mass is 724 g/mol. The molecular weight excluding hydrogens is 672 g/mol. The Morgan fingerprint density at radius 2 is 1.04 bits per heavy atom. The van der Waals surface area contributed by atoms with Gasteiger partial charge in [-0.1, -0.05) is 24.3 Å². The van der Waals surface area contributed by atoms with Crippen LogP contribution < -0.4 is 21.3 Å². The van der Waals surface area contributed by atoms with E-state index in [1.165, 1.54) is 13.8 Å². The molecule has 1 aliphatic rings. The van der Waals surface area contributed by atoms with Gasteiger partial charge < -0.3 is 40.2 Å². The Morgan fingerprint density at radius 3 is 1.42 bits per heavy atom. The summed E-state index contributed by atoms with van der Waals surface area (Å²) in [5, 5.41) is 11.0.